The van der Waals surface area contributed by atoms with Crippen molar-refractivity contribution in [1.82, 2.24) is 35.3 Å². The van der Waals surface area contributed by atoms with Crippen molar-refractivity contribution in [3.05, 3.63) is 141 Å². The molecule has 0 aliphatic heterocycles. The maximum Gasteiger partial charge on any atom is 0.353 e. The van der Waals surface area contributed by atoms with Gasteiger partial charge in [0.15, 0.2) is 5.71 Å². The molecule has 3 aromatic carbocycles. The van der Waals surface area contributed by atoms with Crippen LogP contribution in [-0.4, -0.2) is 87.6 Å². The van der Waals surface area contributed by atoms with E-state index in [0.29, 0.717) is 40.0 Å². The van der Waals surface area contributed by atoms with Crippen LogP contribution in [0.2, 0.25) is 0 Å². The van der Waals surface area contributed by atoms with Gasteiger partial charge in [-0.05, 0) is 79.8 Å². The van der Waals surface area contributed by atoms with Crippen LogP contribution >= 0.6 is 0 Å². The Hall–Kier alpha value is -7.47. The number of hydrogen-bond donors (Lipinski definition) is 8. The van der Waals surface area contributed by atoms with E-state index in [1.54, 1.807) is 55.7 Å². The summed E-state index contributed by atoms with van der Waals surface area (Å²) >= 11 is 0. The molecule has 0 aliphatic rings. The van der Waals surface area contributed by atoms with E-state index >= 15 is 0 Å². The number of aryl methyl sites for hydroxylation is 4. The molecular weight excluding hydrogens is 885 g/mol. The van der Waals surface area contributed by atoms with Gasteiger partial charge in [-0.1, -0.05) is 42.0 Å². The quantitative estimate of drug-likeness (QED) is 0.0190. The van der Waals surface area contributed by atoms with E-state index in [2.05, 4.69) is 41.2 Å². The van der Waals surface area contributed by atoms with Gasteiger partial charge in [0.25, 0.3) is 32.0 Å². The average Bonchev–Trinajstić information content (AvgIpc) is 3.67. The number of carbonyl (C=O) groups excluding carboxylic acids is 2. The minimum absolute atomic E-state index is 0.0203. The van der Waals surface area contributed by atoms with Gasteiger partial charge in [0.05, 0.1) is 39.8 Å². The molecule has 23 heteroatoms. The third-order valence-corrected chi connectivity index (χ3v) is 12.4. The Morgan fingerprint density at radius 3 is 2.28 bits per heavy atom. The van der Waals surface area contributed by atoms with Gasteiger partial charge in [0.2, 0.25) is 11.4 Å². The lowest BCUT2D eigenvalue weighted by Crippen LogP contribution is -2.36. The first kappa shape index (κ1) is 47.0. The molecule has 0 atom stereocenters. The molecule has 0 saturated heterocycles. The molecule has 0 aliphatic carbocycles. The summed E-state index contributed by atoms with van der Waals surface area (Å²) in [5.74, 6) is -2.65. The van der Waals surface area contributed by atoms with Crippen molar-refractivity contribution in [3.8, 4) is 0 Å². The highest BCUT2D eigenvalue weighted by Crippen LogP contribution is 2.24. The number of aromatic nitrogens is 4. The van der Waals surface area contributed by atoms with Crippen molar-refractivity contribution < 1.29 is 46.1 Å². The minimum Gasteiger partial charge on any atom is -0.477 e. The van der Waals surface area contributed by atoms with Crippen LogP contribution < -0.4 is 32.2 Å². The second-order valence-corrected chi connectivity index (χ2v) is 17.6. The molecule has 340 valence electrons. The second-order valence-electron chi connectivity index (χ2n) is 14.7. The van der Waals surface area contributed by atoms with E-state index < -0.39 is 55.6 Å². The zero-order chi connectivity index (χ0) is 47.1. The largest absolute Gasteiger partial charge is 0.477 e. The number of carboxylic acids is 1. The number of anilines is 2. The number of fused-ring (bicyclic) bond motifs is 1. The van der Waals surface area contributed by atoms with E-state index in [1.807, 2.05) is 0 Å². The summed E-state index contributed by atoms with van der Waals surface area (Å²) in [5.41, 5.74) is 6.82. The Morgan fingerprint density at radius 2 is 1.62 bits per heavy atom. The van der Waals surface area contributed by atoms with Gasteiger partial charge in [0, 0.05) is 44.0 Å². The van der Waals surface area contributed by atoms with E-state index in [1.165, 1.54) is 61.2 Å². The number of benzene rings is 3. The summed E-state index contributed by atoms with van der Waals surface area (Å²) in [5, 5.41) is 28.0. The number of nitrogens with one attached hydrogen (secondary N) is 5. The van der Waals surface area contributed by atoms with Crippen LogP contribution in [0.4, 0.5) is 11.8 Å². The molecule has 3 heterocycles. The second kappa shape index (κ2) is 19.9. The fourth-order valence-electron chi connectivity index (χ4n) is 6.95. The number of hydrogen-bond acceptors (Lipinski definition) is 14. The van der Waals surface area contributed by atoms with E-state index in [-0.39, 0.29) is 58.4 Å². The number of pyridine rings is 2. The van der Waals surface area contributed by atoms with Gasteiger partial charge >= 0.3 is 5.97 Å². The summed E-state index contributed by atoms with van der Waals surface area (Å²) in [6.07, 6.45) is 5.64. The van der Waals surface area contributed by atoms with Crippen molar-refractivity contribution in [1.29, 1.82) is 0 Å². The Balaban J connectivity index is 1.16. The highest BCUT2D eigenvalue weighted by molar-refractivity contribution is 7.90. The first-order valence-electron chi connectivity index (χ1n) is 19.7. The predicted octanol–water partition coefficient (Wildman–Crippen LogP) is 3.20. The zero-order valence-corrected chi connectivity index (χ0v) is 36.7. The number of hydrazine groups is 1. The first-order chi connectivity index (χ1) is 30.8. The predicted molar refractivity (Wildman–Crippen MR) is 238 cm³/mol. The number of rotatable bonds is 19. The van der Waals surface area contributed by atoms with E-state index in [4.69, 9.17) is 0 Å². The smallest absolute Gasteiger partial charge is 0.353 e. The number of sulfonamides is 1. The molecule has 0 radical (unpaired) electrons. The third-order valence-electron chi connectivity index (χ3n) is 9.85. The number of carbonyl (C=O) groups is 3. The van der Waals surface area contributed by atoms with Crippen LogP contribution in [0, 0.1) is 20.8 Å². The molecule has 0 fully saturated rings. The highest BCUT2D eigenvalue weighted by Gasteiger charge is 2.24. The zero-order valence-electron chi connectivity index (χ0n) is 35.1. The SMILES string of the molecule is Cc1cc(C)c(S(=O)(=O)/N=C(/CNC(=O)c2cn(CCCNC(=O)c3ccc(NNCc4ccccc4S(=O)(=O)O)nc3)c3cc(CNc4nccn4O)ccc3c2=O)C(=O)O)c(C)c1. The van der Waals surface area contributed by atoms with Crippen LogP contribution in [0.3, 0.4) is 0 Å². The van der Waals surface area contributed by atoms with Gasteiger partial charge in [0.1, 0.15) is 11.4 Å². The fraction of sp³-hybridized carbons (Fsp3) is 0.214. The molecule has 0 spiro atoms. The minimum atomic E-state index is -4.52. The summed E-state index contributed by atoms with van der Waals surface area (Å²) in [6.45, 7) is 4.58. The maximum absolute atomic E-state index is 13.8. The lowest BCUT2D eigenvalue weighted by molar-refractivity contribution is -0.129. The third kappa shape index (κ3) is 11.6. The van der Waals surface area contributed by atoms with E-state index in [0.717, 1.165) is 10.3 Å². The summed E-state index contributed by atoms with van der Waals surface area (Å²) < 4.78 is 65.4. The van der Waals surface area contributed by atoms with Crippen molar-refractivity contribution in [2.45, 2.75) is 56.6 Å². The standard InChI is InChI=1S/C42H44N10O11S2/c1-25-17-26(2)38(27(3)18-25)64(59,60)50-33(41(56)57)23-46-40(55)32-24-51(34-19-28(9-11-31(34)37(32)53)20-47-42-44-14-16-52(42)58)15-6-13-43-39(54)30-10-12-36(45-21-30)49-48-22-29-7-4-5-8-35(29)65(61,62)63/h4-5,7-12,14,16-19,21,24,48,58H,6,13,15,20,22-23H2,1-3H3,(H,43,54)(H,44,47)(H,45,49)(H,46,55)(H,56,57)(H,61,62,63)/b50-33-. The van der Waals surface area contributed by atoms with Gasteiger partial charge in [-0.2, -0.15) is 26.0 Å². The molecule has 2 amide bonds. The fourth-order valence-corrected chi connectivity index (χ4v) is 9.13. The van der Waals surface area contributed by atoms with Crippen LogP contribution in [0.25, 0.3) is 10.9 Å². The Kier molecular flexibility index (Phi) is 14.4. The molecule has 0 unspecified atom stereocenters. The summed E-state index contributed by atoms with van der Waals surface area (Å²) in [6, 6.07) is 17.0. The monoisotopic (exact) mass is 928 g/mol. The van der Waals surface area contributed by atoms with Crippen LogP contribution in [-0.2, 0) is 44.6 Å². The highest BCUT2D eigenvalue weighted by atomic mass is 32.2. The summed E-state index contributed by atoms with van der Waals surface area (Å²) in [4.78, 5) is 60.4. The number of imidazole rings is 1. The van der Waals surface area contributed by atoms with E-state index in [9.17, 15) is 50.9 Å². The normalized spacial score (nSPS) is 11.9. The van der Waals surface area contributed by atoms with Gasteiger partial charge in [-0.15, -0.1) is 0 Å². The van der Waals surface area contributed by atoms with Gasteiger partial charge in [-0.25, -0.2) is 20.2 Å². The van der Waals surface area contributed by atoms with Crippen molar-refractivity contribution in [2.75, 3.05) is 23.8 Å². The average molecular weight is 929 g/mol. The number of amides is 2. The molecule has 65 heavy (non-hydrogen) atoms. The lowest BCUT2D eigenvalue weighted by atomic mass is 10.1. The molecule has 6 aromatic rings. The maximum atomic E-state index is 13.8. The summed E-state index contributed by atoms with van der Waals surface area (Å²) in [7, 11) is -8.94. The molecular formula is C42H44N10O11S2. The first-order valence-corrected chi connectivity index (χ1v) is 22.5. The number of aliphatic carboxylic acids is 1. The molecule has 0 bridgehead atoms. The Labute approximate surface area is 372 Å². The number of carboxylic acid groups (broad SMARTS) is 1. The van der Waals surface area contributed by atoms with Crippen LogP contribution in [0.5, 0.6) is 0 Å². The number of nitrogens with zero attached hydrogens (tertiary/aromatic N) is 5. The van der Waals surface area contributed by atoms with Gasteiger partial charge < -0.3 is 36.3 Å². The van der Waals surface area contributed by atoms with Crippen LogP contribution in [0.15, 0.2) is 111 Å². The Morgan fingerprint density at radius 1 is 0.877 bits per heavy atom. The van der Waals surface area contributed by atoms with Crippen molar-refractivity contribution >= 4 is 66.3 Å². The van der Waals surface area contributed by atoms with Crippen molar-refractivity contribution in [3.63, 3.8) is 0 Å². The molecule has 8 N–H and O–H groups in total. The van der Waals surface area contributed by atoms with Crippen molar-refractivity contribution in [2.24, 2.45) is 4.40 Å². The topological polar surface area (TPSA) is 305 Å². The molecule has 6 rings (SSSR count). The molecule has 21 nitrogen and oxygen atoms in total. The Bertz CT molecular complexity index is 3090. The van der Waals surface area contributed by atoms with Crippen LogP contribution in [0.1, 0.15) is 55.0 Å². The molecule has 3 aromatic heterocycles. The van der Waals surface area contributed by atoms with Gasteiger partial charge in [-0.3, -0.25) is 18.9 Å². The lowest BCUT2D eigenvalue weighted by Gasteiger charge is -2.15. The molecule has 0 saturated carbocycles.